The molecule has 0 saturated carbocycles. The number of thiocarbonyl (C=S) groups is 1. The van der Waals surface area contributed by atoms with Crippen molar-refractivity contribution in [3.05, 3.63) is 59.9 Å². The Labute approximate surface area is 135 Å². The summed E-state index contributed by atoms with van der Waals surface area (Å²) in [7, 11) is 3.46. The van der Waals surface area contributed by atoms with Crippen LogP contribution in [0, 0.1) is 0 Å². The fourth-order valence-electron chi connectivity index (χ4n) is 1.81. The van der Waals surface area contributed by atoms with Gasteiger partial charge in [-0.05, 0) is 48.1 Å². The molecule has 0 saturated heterocycles. The van der Waals surface area contributed by atoms with Gasteiger partial charge in [-0.15, -0.1) is 0 Å². The van der Waals surface area contributed by atoms with Gasteiger partial charge in [-0.2, -0.15) is 0 Å². The van der Waals surface area contributed by atoms with E-state index in [-0.39, 0.29) is 5.91 Å². The second-order valence-corrected chi connectivity index (χ2v) is 5.35. The molecule has 6 heteroatoms. The minimum absolute atomic E-state index is 0.0242. The molecular weight excluding hydrogens is 296 g/mol. The molecule has 0 unspecified atom stereocenters. The van der Waals surface area contributed by atoms with Gasteiger partial charge in [-0.3, -0.25) is 9.78 Å². The van der Waals surface area contributed by atoms with Gasteiger partial charge in [-0.25, -0.2) is 0 Å². The third kappa shape index (κ3) is 4.53. The standard InChI is InChI=1S/C16H18N4OS/c1-20(2)15(21)13-5-7-14(8-6-13)19-16(22)18-11-12-4-3-9-17-10-12/h3-10H,11H2,1-2H3,(H2,18,19,22). The summed E-state index contributed by atoms with van der Waals surface area (Å²) >= 11 is 5.24. The molecule has 114 valence electrons. The highest BCUT2D eigenvalue weighted by molar-refractivity contribution is 7.80. The Balaban J connectivity index is 1.88. The van der Waals surface area contributed by atoms with Gasteiger partial charge >= 0.3 is 0 Å². The van der Waals surface area contributed by atoms with Crippen LogP contribution < -0.4 is 10.6 Å². The van der Waals surface area contributed by atoms with Gasteiger partial charge in [0.15, 0.2) is 5.11 Å². The molecule has 1 heterocycles. The number of nitrogens with one attached hydrogen (secondary N) is 2. The van der Waals surface area contributed by atoms with E-state index in [0.717, 1.165) is 11.3 Å². The molecule has 5 nitrogen and oxygen atoms in total. The summed E-state index contributed by atoms with van der Waals surface area (Å²) in [5.74, 6) is -0.0242. The fraction of sp³-hybridized carbons (Fsp3) is 0.188. The second kappa shape index (κ2) is 7.51. The smallest absolute Gasteiger partial charge is 0.253 e. The van der Waals surface area contributed by atoms with E-state index in [4.69, 9.17) is 12.2 Å². The van der Waals surface area contributed by atoms with Crippen LogP contribution in [0.2, 0.25) is 0 Å². The first-order valence-corrected chi connectivity index (χ1v) is 7.22. The first-order valence-electron chi connectivity index (χ1n) is 6.82. The molecule has 0 atom stereocenters. The number of pyridine rings is 1. The quantitative estimate of drug-likeness (QED) is 0.848. The van der Waals surface area contributed by atoms with Gasteiger partial charge in [0.05, 0.1) is 0 Å². The van der Waals surface area contributed by atoms with E-state index < -0.39 is 0 Å². The molecule has 0 spiro atoms. The Morgan fingerprint density at radius 1 is 1.23 bits per heavy atom. The van der Waals surface area contributed by atoms with Crippen LogP contribution in [-0.4, -0.2) is 35.0 Å². The Morgan fingerprint density at radius 2 is 1.95 bits per heavy atom. The van der Waals surface area contributed by atoms with Crippen molar-refractivity contribution >= 4 is 28.9 Å². The molecule has 1 aromatic carbocycles. The fourth-order valence-corrected chi connectivity index (χ4v) is 2.00. The lowest BCUT2D eigenvalue weighted by molar-refractivity contribution is 0.0827. The number of hydrogen-bond donors (Lipinski definition) is 2. The molecule has 0 aliphatic rings. The zero-order valence-electron chi connectivity index (χ0n) is 12.5. The monoisotopic (exact) mass is 314 g/mol. The number of rotatable bonds is 4. The topological polar surface area (TPSA) is 57.3 Å². The first kappa shape index (κ1) is 15.9. The molecule has 0 bridgehead atoms. The molecular formula is C16H18N4OS. The van der Waals surface area contributed by atoms with Gasteiger partial charge in [0.25, 0.3) is 5.91 Å². The van der Waals surface area contributed by atoms with Crippen molar-refractivity contribution < 1.29 is 4.79 Å². The number of carbonyl (C=O) groups excluding carboxylic acids is 1. The van der Waals surface area contributed by atoms with Gasteiger partial charge in [0.2, 0.25) is 0 Å². The van der Waals surface area contributed by atoms with Gasteiger partial charge < -0.3 is 15.5 Å². The average molecular weight is 314 g/mol. The van der Waals surface area contributed by atoms with Crippen LogP contribution in [0.25, 0.3) is 0 Å². The number of anilines is 1. The van der Waals surface area contributed by atoms with Crippen molar-refractivity contribution in [2.24, 2.45) is 0 Å². The molecule has 2 rings (SSSR count). The van der Waals surface area contributed by atoms with Crippen LogP contribution in [0.4, 0.5) is 5.69 Å². The predicted octanol–water partition coefficient (Wildman–Crippen LogP) is 2.27. The van der Waals surface area contributed by atoms with Crippen LogP contribution in [0.5, 0.6) is 0 Å². The molecule has 2 N–H and O–H groups in total. The lowest BCUT2D eigenvalue weighted by Gasteiger charge is -2.12. The zero-order chi connectivity index (χ0) is 15.9. The summed E-state index contributed by atoms with van der Waals surface area (Å²) < 4.78 is 0. The van der Waals surface area contributed by atoms with E-state index in [0.29, 0.717) is 17.2 Å². The molecule has 2 aromatic rings. The lowest BCUT2D eigenvalue weighted by atomic mass is 10.2. The highest BCUT2D eigenvalue weighted by Crippen LogP contribution is 2.10. The molecule has 1 amide bonds. The summed E-state index contributed by atoms with van der Waals surface area (Å²) in [4.78, 5) is 17.4. The molecule has 0 radical (unpaired) electrons. The summed E-state index contributed by atoms with van der Waals surface area (Å²) in [5.41, 5.74) is 2.53. The van der Waals surface area contributed by atoms with E-state index in [1.165, 1.54) is 0 Å². The zero-order valence-corrected chi connectivity index (χ0v) is 13.4. The maximum atomic E-state index is 11.8. The van der Waals surface area contributed by atoms with Crippen molar-refractivity contribution in [3.63, 3.8) is 0 Å². The minimum atomic E-state index is -0.0242. The molecule has 22 heavy (non-hydrogen) atoms. The highest BCUT2D eigenvalue weighted by Gasteiger charge is 2.07. The summed E-state index contributed by atoms with van der Waals surface area (Å²) in [6, 6.07) is 11.1. The maximum Gasteiger partial charge on any atom is 0.253 e. The van der Waals surface area contributed by atoms with Crippen molar-refractivity contribution in [3.8, 4) is 0 Å². The minimum Gasteiger partial charge on any atom is -0.358 e. The summed E-state index contributed by atoms with van der Waals surface area (Å²) in [6.45, 7) is 0.608. The van der Waals surface area contributed by atoms with Gasteiger partial charge in [0.1, 0.15) is 0 Å². The van der Waals surface area contributed by atoms with Crippen LogP contribution in [0.1, 0.15) is 15.9 Å². The molecule has 1 aromatic heterocycles. The van der Waals surface area contributed by atoms with Crippen molar-refractivity contribution in [2.45, 2.75) is 6.54 Å². The number of aromatic nitrogens is 1. The number of benzene rings is 1. The van der Waals surface area contributed by atoms with Crippen LogP contribution >= 0.6 is 12.2 Å². The molecule has 0 aliphatic heterocycles. The Kier molecular flexibility index (Phi) is 5.43. The Morgan fingerprint density at radius 3 is 2.55 bits per heavy atom. The summed E-state index contributed by atoms with van der Waals surface area (Å²) in [5, 5.41) is 6.71. The van der Waals surface area contributed by atoms with E-state index in [1.54, 1.807) is 43.5 Å². The largest absolute Gasteiger partial charge is 0.358 e. The summed E-state index contributed by atoms with van der Waals surface area (Å²) in [6.07, 6.45) is 3.52. The van der Waals surface area contributed by atoms with Gasteiger partial charge in [-0.1, -0.05) is 6.07 Å². The Bertz CT molecular complexity index is 641. The number of nitrogens with zero attached hydrogens (tertiary/aromatic N) is 2. The van der Waals surface area contributed by atoms with Crippen LogP contribution in [-0.2, 0) is 6.54 Å². The molecule has 0 fully saturated rings. The maximum absolute atomic E-state index is 11.8. The average Bonchev–Trinajstić information content (AvgIpc) is 2.54. The Hall–Kier alpha value is -2.47. The van der Waals surface area contributed by atoms with E-state index in [2.05, 4.69) is 15.6 Å². The normalized spacial score (nSPS) is 9.91. The highest BCUT2D eigenvalue weighted by atomic mass is 32.1. The number of amides is 1. The molecule has 0 aliphatic carbocycles. The third-order valence-corrected chi connectivity index (χ3v) is 3.22. The van der Waals surface area contributed by atoms with Crippen molar-refractivity contribution in [2.75, 3.05) is 19.4 Å². The first-order chi connectivity index (χ1) is 10.6. The van der Waals surface area contributed by atoms with Crippen molar-refractivity contribution in [1.82, 2.24) is 15.2 Å². The number of carbonyl (C=O) groups is 1. The predicted molar refractivity (Wildman–Crippen MR) is 91.8 cm³/mol. The van der Waals surface area contributed by atoms with E-state index in [9.17, 15) is 4.79 Å². The SMILES string of the molecule is CN(C)C(=O)c1ccc(NC(=S)NCc2cccnc2)cc1. The lowest BCUT2D eigenvalue weighted by Crippen LogP contribution is -2.28. The van der Waals surface area contributed by atoms with Crippen LogP contribution in [0.3, 0.4) is 0 Å². The van der Waals surface area contributed by atoms with E-state index in [1.807, 2.05) is 24.3 Å². The second-order valence-electron chi connectivity index (χ2n) is 4.95. The third-order valence-electron chi connectivity index (χ3n) is 2.97. The van der Waals surface area contributed by atoms with E-state index >= 15 is 0 Å². The number of hydrogen-bond acceptors (Lipinski definition) is 3. The van der Waals surface area contributed by atoms with Crippen molar-refractivity contribution in [1.29, 1.82) is 0 Å². The van der Waals surface area contributed by atoms with Gasteiger partial charge in [0, 0.05) is 44.3 Å². The van der Waals surface area contributed by atoms with Crippen LogP contribution in [0.15, 0.2) is 48.8 Å².